The van der Waals surface area contributed by atoms with Gasteiger partial charge in [0.2, 0.25) is 10.0 Å². The molecular weight excluding hydrogens is 603 g/mol. The van der Waals surface area contributed by atoms with Crippen LogP contribution < -0.4 is 30.3 Å². The molecule has 14 heteroatoms. The highest BCUT2D eigenvalue weighted by Gasteiger charge is 2.33. The van der Waals surface area contributed by atoms with Crippen molar-refractivity contribution in [3.8, 4) is 11.5 Å². The summed E-state index contributed by atoms with van der Waals surface area (Å²) in [4.78, 5) is 34.4. The maximum atomic E-state index is 14.1. The van der Waals surface area contributed by atoms with Gasteiger partial charge in [0, 0.05) is 43.3 Å². The first kappa shape index (κ1) is 31.5. The minimum atomic E-state index is -3.65. The maximum Gasteiger partial charge on any atom is 0.327 e. The van der Waals surface area contributed by atoms with E-state index in [0.29, 0.717) is 33.8 Å². The second kappa shape index (κ2) is 13.0. The SMILES string of the molecule is C=CS(=O)(=O)N1CCN(n2c(C(C)N(C(=O)Nc3ccc(F)cc3)c3ccc(OC)cc3OC)nc3ccccc3c2=O)CC1. The van der Waals surface area contributed by atoms with E-state index in [1.807, 2.05) is 0 Å². The van der Waals surface area contributed by atoms with Crippen LogP contribution in [0, 0.1) is 5.82 Å². The molecule has 0 bridgehead atoms. The van der Waals surface area contributed by atoms with Crippen LogP contribution in [-0.4, -0.2) is 68.8 Å². The van der Waals surface area contributed by atoms with E-state index >= 15 is 0 Å². The zero-order chi connectivity index (χ0) is 32.3. The van der Waals surface area contributed by atoms with E-state index in [1.54, 1.807) is 54.4 Å². The van der Waals surface area contributed by atoms with Crippen LogP contribution in [0.4, 0.5) is 20.6 Å². The topological polar surface area (TPSA) is 126 Å². The van der Waals surface area contributed by atoms with Crippen molar-refractivity contribution >= 4 is 38.3 Å². The molecule has 12 nitrogen and oxygen atoms in total. The van der Waals surface area contributed by atoms with Crippen LogP contribution in [0.25, 0.3) is 10.9 Å². The number of carbonyl (C=O) groups excluding carboxylic acids is 1. The Morgan fingerprint density at radius 2 is 1.73 bits per heavy atom. The lowest BCUT2D eigenvalue weighted by molar-refractivity contribution is 0.254. The summed E-state index contributed by atoms with van der Waals surface area (Å²) >= 11 is 0. The summed E-state index contributed by atoms with van der Waals surface area (Å²) in [6.45, 7) is 5.72. The Hall–Kier alpha value is -4.95. The van der Waals surface area contributed by atoms with Crippen molar-refractivity contribution in [1.29, 1.82) is 0 Å². The number of anilines is 2. The number of methoxy groups -OCH3 is 2. The maximum absolute atomic E-state index is 14.1. The third-order valence-corrected chi connectivity index (χ3v) is 9.08. The number of aromatic nitrogens is 2. The number of nitrogens with zero attached hydrogens (tertiary/aromatic N) is 5. The summed E-state index contributed by atoms with van der Waals surface area (Å²) in [7, 11) is -0.680. The van der Waals surface area contributed by atoms with Gasteiger partial charge in [0.1, 0.15) is 17.3 Å². The molecule has 1 aliphatic heterocycles. The van der Waals surface area contributed by atoms with Gasteiger partial charge in [-0.3, -0.25) is 9.69 Å². The number of amides is 2. The van der Waals surface area contributed by atoms with Gasteiger partial charge >= 0.3 is 6.03 Å². The van der Waals surface area contributed by atoms with Crippen LogP contribution in [-0.2, 0) is 10.0 Å². The molecule has 2 heterocycles. The number of fused-ring (bicyclic) bond motifs is 1. The third-order valence-electron chi connectivity index (χ3n) is 7.57. The Kier molecular flexibility index (Phi) is 9.06. The fourth-order valence-electron chi connectivity index (χ4n) is 5.23. The van der Waals surface area contributed by atoms with E-state index in [0.717, 1.165) is 5.41 Å². The Morgan fingerprint density at radius 3 is 2.38 bits per heavy atom. The molecule has 1 unspecified atom stereocenters. The monoisotopic (exact) mass is 636 g/mol. The van der Waals surface area contributed by atoms with Crippen LogP contribution in [0.15, 0.2) is 83.5 Å². The standard InChI is InChI=1S/C31H33FN6O6S/c1-5-45(41,42)36-18-16-35(17-19-36)38-29(34-26-9-7-6-8-25(26)30(38)39)21(2)37(27-15-14-24(43-3)20-28(27)44-4)31(40)33-23-12-10-22(32)11-13-23/h5-15,20-21H,1,16-19H2,2-4H3,(H,33,40). The van der Waals surface area contributed by atoms with Gasteiger partial charge in [-0.25, -0.2) is 27.3 Å². The number of hydrogen-bond acceptors (Lipinski definition) is 8. The van der Waals surface area contributed by atoms with Crippen LogP contribution in [0.3, 0.4) is 0 Å². The van der Waals surface area contributed by atoms with Crippen molar-refractivity contribution in [1.82, 2.24) is 14.0 Å². The minimum absolute atomic E-state index is 0.114. The zero-order valence-electron chi connectivity index (χ0n) is 25.0. The molecule has 1 aromatic heterocycles. The summed E-state index contributed by atoms with van der Waals surface area (Å²) < 4.78 is 52.2. The van der Waals surface area contributed by atoms with Gasteiger partial charge in [0.15, 0.2) is 5.82 Å². The first-order valence-corrected chi connectivity index (χ1v) is 15.6. The van der Waals surface area contributed by atoms with Crippen molar-refractivity contribution in [3.63, 3.8) is 0 Å². The van der Waals surface area contributed by atoms with Crippen LogP contribution >= 0.6 is 0 Å². The number of piperazine rings is 1. The lowest BCUT2D eigenvalue weighted by Crippen LogP contribution is -2.56. The molecule has 1 N–H and O–H groups in total. The Bertz CT molecular complexity index is 1890. The van der Waals surface area contributed by atoms with Crippen molar-refractivity contribution in [2.45, 2.75) is 13.0 Å². The predicted molar refractivity (Wildman–Crippen MR) is 171 cm³/mol. The van der Waals surface area contributed by atoms with Crippen molar-refractivity contribution in [3.05, 3.63) is 101 Å². The highest BCUT2D eigenvalue weighted by atomic mass is 32.2. The Labute approximate surface area is 259 Å². The van der Waals surface area contributed by atoms with Gasteiger partial charge in [-0.1, -0.05) is 18.7 Å². The van der Waals surface area contributed by atoms with Gasteiger partial charge in [-0.05, 0) is 55.5 Å². The summed E-state index contributed by atoms with van der Waals surface area (Å²) in [5.74, 6) is 0.579. The quantitative estimate of drug-likeness (QED) is 0.291. The van der Waals surface area contributed by atoms with Gasteiger partial charge in [0.05, 0.1) is 36.9 Å². The second-order valence-corrected chi connectivity index (χ2v) is 12.1. The molecule has 45 heavy (non-hydrogen) atoms. The molecule has 1 atom stereocenters. The summed E-state index contributed by atoms with van der Waals surface area (Å²) in [6.07, 6.45) is 0. The Morgan fingerprint density at radius 1 is 1.04 bits per heavy atom. The van der Waals surface area contributed by atoms with Gasteiger partial charge in [-0.2, -0.15) is 4.31 Å². The lowest BCUT2D eigenvalue weighted by atomic mass is 10.1. The molecule has 1 saturated heterocycles. The molecule has 1 fully saturated rings. The van der Waals surface area contributed by atoms with Gasteiger partial charge < -0.3 is 19.8 Å². The summed E-state index contributed by atoms with van der Waals surface area (Å²) in [6, 6.07) is 15.7. The first-order valence-electron chi connectivity index (χ1n) is 14.0. The second-order valence-electron chi connectivity index (χ2n) is 10.2. The molecule has 5 rings (SSSR count). The number of rotatable bonds is 9. The fraction of sp³-hybridized carbons (Fsp3) is 0.258. The molecule has 4 aromatic rings. The average Bonchev–Trinajstić information content (AvgIpc) is 3.06. The third kappa shape index (κ3) is 6.33. The highest BCUT2D eigenvalue weighted by molar-refractivity contribution is 7.92. The van der Waals surface area contributed by atoms with E-state index in [2.05, 4.69) is 11.9 Å². The number of sulfonamides is 1. The van der Waals surface area contributed by atoms with E-state index in [4.69, 9.17) is 14.5 Å². The largest absolute Gasteiger partial charge is 0.497 e. The molecular formula is C31H33FN6O6S. The molecule has 0 spiro atoms. The molecule has 1 aliphatic rings. The fourth-order valence-corrected chi connectivity index (χ4v) is 6.12. The lowest BCUT2D eigenvalue weighted by Gasteiger charge is -2.38. The van der Waals surface area contributed by atoms with Crippen LogP contribution in [0.1, 0.15) is 18.8 Å². The smallest absolute Gasteiger partial charge is 0.327 e. The number of urea groups is 1. The predicted octanol–water partition coefficient (Wildman–Crippen LogP) is 4.08. The normalized spacial score (nSPS) is 14.5. The minimum Gasteiger partial charge on any atom is -0.497 e. The number of benzene rings is 3. The van der Waals surface area contributed by atoms with E-state index in [-0.39, 0.29) is 37.6 Å². The van der Waals surface area contributed by atoms with Gasteiger partial charge in [-0.15, -0.1) is 0 Å². The average molecular weight is 637 g/mol. The molecule has 3 aromatic carbocycles. The van der Waals surface area contributed by atoms with E-state index in [9.17, 15) is 22.4 Å². The van der Waals surface area contributed by atoms with Crippen LogP contribution in [0.5, 0.6) is 11.5 Å². The summed E-state index contributed by atoms with van der Waals surface area (Å²) in [5.41, 5.74) is 0.743. The molecule has 0 saturated carbocycles. The van der Waals surface area contributed by atoms with E-state index < -0.39 is 27.9 Å². The number of para-hydroxylation sites is 1. The number of carbonyl (C=O) groups is 1. The number of halogens is 1. The molecule has 0 aliphatic carbocycles. The number of nitrogens with one attached hydrogen (secondary N) is 1. The summed E-state index contributed by atoms with van der Waals surface area (Å²) in [5, 5.41) is 5.79. The number of ether oxygens (including phenoxy) is 2. The molecule has 2 amide bonds. The van der Waals surface area contributed by atoms with Crippen LogP contribution in [0.2, 0.25) is 0 Å². The van der Waals surface area contributed by atoms with Gasteiger partial charge in [0.25, 0.3) is 5.56 Å². The first-order chi connectivity index (χ1) is 21.6. The highest BCUT2D eigenvalue weighted by Crippen LogP contribution is 2.37. The van der Waals surface area contributed by atoms with Crippen molar-refractivity contribution < 1.29 is 27.1 Å². The van der Waals surface area contributed by atoms with E-state index in [1.165, 1.54) is 52.4 Å². The Balaban J connectivity index is 1.65. The van der Waals surface area contributed by atoms with Crippen molar-refractivity contribution in [2.75, 3.05) is 55.6 Å². The van der Waals surface area contributed by atoms with Crippen molar-refractivity contribution in [2.24, 2.45) is 0 Å². The molecule has 0 radical (unpaired) electrons. The molecule has 236 valence electrons. The number of hydrogen-bond donors (Lipinski definition) is 1. The zero-order valence-corrected chi connectivity index (χ0v) is 25.8.